The molecule has 6 heteroatoms. The molecule has 2 unspecified atom stereocenters. The first-order valence-electron chi connectivity index (χ1n) is 13.9. The number of nitrogens with zero attached hydrogens (tertiary/aromatic N) is 3. The molecule has 2 aromatic carbocycles. The third-order valence-electron chi connectivity index (χ3n) is 8.59. The van der Waals surface area contributed by atoms with Gasteiger partial charge in [-0.15, -0.1) is 0 Å². The van der Waals surface area contributed by atoms with E-state index in [0.29, 0.717) is 24.1 Å². The lowest BCUT2D eigenvalue weighted by molar-refractivity contribution is -0.772. The van der Waals surface area contributed by atoms with E-state index in [1.165, 1.54) is 17.7 Å². The number of rotatable bonds is 7. The molecule has 4 aromatic rings. The summed E-state index contributed by atoms with van der Waals surface area (Å²) in [5, 5.41) is 4.22. The molecule has 200 valence electrons. The Balaban J connectivity index is 1.32. The molecule has 1 N–H and O–H groups in total. The van der Waals surface area contributed by atoms with E-state index in [1.54, 1.807) is 0 Å². The Labute approximate surface area is 229 Å². The summed E-state index contributed by atoms with van der Waals surface area (Å²) in [6.07, 6.45) is 4.14. The average molecular weight is 524 g/mol. The standard InChI is InChI=1S/C33H35FN4O/c1-19-12-24-14-25(13-20(2)31(24)35-16-19)33(39)36-17-28(22-6-7-22)29-15-27(30-18-38(30,4)5)21(3)32(37-29)23-8-10-26(34)11-9-23/h8-16,22,28,30H,6-7,17-18H2,1-5H3/p+1. The van der Waals surface area contributed by atoms with Gasteiger partial charge in [0.05, 0.1) is 25.3 Å². The molecule has 2 aliphatic rings. The normalized spacial score (nSPS) is 18.7. The summed E-state index contributed by atoms with van der Waals surface area (Å²) in [5.74, 6) is 0.313. The Morgan fingerprint density at radius 3 is 2.46 bits per heavy atom. The summed E-state index contributed by atoms with van der Waals surface area (Å²) in [7, 11) is 4.51. The van der Waals surface area contributed by atoms with Gasteiger partial charge in [0.1, 0.15) is 12.4 Å². The van der Waals surface area contributed by atoms with Gasteiger partial charge in [-0.3, -0.25) is 14.8 Å². The van der Waals surface area contributed by atoms with Crippen LogP contribution in [-0.4, -0.2) is 47.5 Å². The minimum absolute atomic E-state index is 0.0711. The predicted octanol–water partition coefficient (Wildman–Crippen LogP) is 6.42. The summed E-state index contributed by atoms with van der Waals surface area (Å²) >= 11 is 0. The van der Waals surface area contributed by atoms with Crippen LogP contribution < -0.4 is 5.32 Å². The number of carbonyl (C=O) groups excluding carboxylic acids is 1. The Hall–Kier alpha value is -3.64. The van der Waals surface area contributed by atoms with E-state index in [4.69, 9.17) is 4.98 Å². The lowest BCUT2D eigenvalue weighted by Gasteiger charge is -2.21. The third kappa shape index (κ3) is 5.06. The SMILES string of the molecule is Cc1cnc2c(C)cc(C(=O)NCC(c3cc(C4C[N+]4(C)C)c(C)c(-c4ccc(F)cc4)n3)C3CC3)cc2c1. The quantitative estimate of drug-likeness (QED) is 0.225. The first-order chi connectivity index (χ1) is 18.6. The number of hydrogen-bond acceptors (Lipinski definition) is 3. The molecule has 1 saturated carbocycles. The zero-order valence-electron chi connectivity index (χ0n) is 23.4. The van der Waals surface area contributed by atoms with Crippen LogP contribution in [0.1, 0.15) is 63.1 Å². The number of hydrogen-bond donors (Lipinski definition) is 1. The van der Waals surface area contributed by atoms with Crippen LogP contribution in [0.25, 0.3) is 22.2 Å². The largest absolute Gasteiger partial charge is 0.351 e. The highest BCUT2D eigenvalue weighted by Gasteiger charge is 2.50. The maximum Gasteiger partial charge on any atom is 0.251 e. The fourth-order valence-electron chi connectivity index (χ4n) is 5.94. The first-order valence-corrected chi connectivity index (χ1v) is 13.9. The highest BCUT2D eigenvalue weighted by molar-refractivity contribution is 5.99. The molecule has 3 heterocycles. The number of likely N-dealkylation sites (N-methyl/N-ethyl adjacent to an activating group) is 1. The average Bonchev–Trinajstić information content (AvgIpc) is 3.82. The summed E-state index contributed by atoms with van der Waals surface area (Å²) in [6, 6.07) is 15.3. The van der Waals surface area contributed by atoms with Gasteiger partial charge in [-0.05, 0) is 105 Å². The van der Waals surface area contributed by atoms with E-state index < -0.39 is 0 Å². The van der Waals surface area contributed by atoms with E-state index in [9.17, 15) is 9.18 Å². The summed E-state index contributed by atoms with van der Waals surface area (Å²) in [4.78, 5) is 23.1. The number of aromatic nitrogens is 2. The molecular formula is C33H36FN4O+. The molecule has 5 nitrogen and oxygen atoms in total. The lowest BCUT2D eigenvalue weighted by atomic mass is 9.92. The monoisotopic (exact) mass is 523 g/mol. The molecular weight excluding hydrogens is 487 g/mol. The van der Waals surface area contributed by atoms with Crippen molar-refractivity contribution in [3.63, 3.8) is 0 Å². The number of quaternary nitrogens is 1. The number of benzene rings is 2. The molecule has 0 radical (unpaired) electrons. The van der Waals surface area contributed by atoms with Crippen molar-refractivity contribution in [1.82, 2.24) is 15.3 Å². The van der Waals surface area contributed by atoms with Gasteiger partial charge in [-0.1, -0.05) is 0 Å². The summed E-state index contributed by atoms with van der Waals surface area (Å²) in [5.41, 5.74) is 9.00. The van der Waals surface area contributed by atoms with Gasteiger partial charge < -0.3 is 9.80 Å². The Morgan fingerprint density at radius 2 is 1.79 bits per heavy atom. The number of pyridine rings is 2. The van der Waals surface area contributed by atoms with Crippen molar-refractivity contribution in [3.05, 3.63) is 94.1 Å². The number of aryl methyl sites for hydroxylation is 2. The molecule has 2 fully saturated rings. The molecule has 0 bridgehead atoms. The van der Waals surface area contributed by atoms with Crippen molar-refractivity contribution in [3.8, 4) is 11.3 Å². The maximum atomic E-state index is 13.7. The van der Waals surface area contributed by atoms with Crippen molar-refractivity contribution in [2.75, 3.05) is 27.2 Å². The Morgan fingerprint density at radius 1 is 1.08 bits per heavy atom. The van der Waals surface area contributed by atoms with E-state index in [2.05, 4.69) is 43.5 Å². The molecule has 2 aromatic heterocycles. The Kier molecular flexibility index (Phi) is 6.26. The Bertz CT molecular complexity index is 1590. The summed E-state index contributed by atoms with van der Waals surface area (Å²) in [6.45, 7) is 7.78. The van der Waals surface area contributed by atoms with Crippen LogP contribution in [-0.2, 0) is 0 Å². The highest BCUT2D eigenvalue weighted by atomic mass is 19.1. The van der Waals surface area contributed by atoms with Crippen LogP contribution in [0.15, 0.2) is 54.7 Å². The number of carbonyl (C=O) groups is 1. The molecule has 1 aliphatic heterocycles. The minimum atomic E-state index is -0.249. The third-order valence-corrected chi connectivity index (χ3v) is 8.59. The van der Waals surface area contributed by atoms with Gasteiger partial charge in [0, 0.05) is 46.4 Å². The fourth-order valence-corrected chi connectivity index (χ4v) is 5.94. The molecule has 0 spiro atoms. The van der Waals surface area contributed by atoms with Gasteiger partial charge >= 0.3 is 0 Å². The van der Waals surface area contributed by atoms with Crippen LogP contribution in [0.3, 0.4) is 0 Å². The van der Waals surface area contributed by atoms with Crippen molar-refractivity contribution in [2.24, 2.45) is 5.92 Å². The van der Waals surface area contributed by atoms with Crippen molar-refractivity contribution in [1.29, 1.82) is 0 Å². The van der Waals surface area contributed by atoms with Crippen LogP contribution in [0.2, 0.25) is 0 Å². The summed E-state index contributed by atoms with van der Waals surface area (Å²) < 4.78 is 14.7. The second-order valence-electron chi connectivity index (χ2n) is 12.1. The molecule has 1 saturated heterocycles. The molecule has 39 heavy (non-hydrogen) atoms. The second-order valence-corrected chi connectivity index (χ2v) is 12.1. The first kappa shape index (κ1) is 25.6. The van der Waals surface area contributed by atoms with Gasteiger partial charge in [-0.25, -0.2) is 4.39 Å². The van der Waals surface area contributed by atoms with E-state index in [1.807, 2.05) is 44.3 Å². The van der Waals surface area contributed by atoms with Crippen LogP contribution in [0.4, 0.5) is 4.39 Å². The molecule has 2 atom stereocenters. The smallest absolute Gasteiger partial charge is 0.251 e. The van der Waals surface area contributed by atoms with Crippen LogP contribution in [0.5, 0.6) is 0 Å². The van der Waals surface area contributed by atoms with Crippen LogP contribution in [0, 0.1) is 32.5 Å². The molecule has 1 amide bonds. The van der Waals surface area contributed by atoms with E-state index >= 15 is 0 Å². The van der Waals surface area contributed by atoms with Gasteiger partial charge in [-0.2, -0.15) is 0 Å². The van der Waals surface area contributed by atoms with E-state index in [-0.39, 0.29) is 17.6 Å². The predicted molar refractivity (Wildman–Crippen MR) is 153 cm³/mol. The fraction of sp³-hybridized carbons (Fsp3) is 0.364. The number of amides is 1. The minimum Gasteiger partial charge on any atom is -0.351 e. The van der Waals surface area contributed by atoms with Crippen molar-refractivity contribution < 1.29 is 13.7 Å². The topological polar surface area (TPSA) is 54.9 Å². The zero-order chi connectivity index (χ0) is 27.5. The number of fused-ring (bicyclic) bond motifs is 1. The van der Waals surface area contributed by atoms with Gasteiger partial charge in [0.25, 0.3) is 5.91 Å². The zero-order valence-corrected chi connectivity index (χ0v) is 23.4. The van der Waals surface area contributed by atoms with Crippen molar-refractivity contribution >= 4 is 16.8 Å². The van der Waals surface area contributed by atoms with Crippen LogP contribution >= 0.6 is 0 Å². The van der Waals surface area contributed by atoms with E-state index in [0.717, 1.165) is 68.4 Å². The highest BCUT2D eigenvalue weighted by Crippen LogP contribution is 2.47. The number of nitrogens with one attached hydrogen (secondary N) is 1. The number of halogens is 1. The van der Waals surface area contributed by atoms with Crippen molar-refractivity contribution in [2.45, 2.75) is 45.6 Å². The lowest BCUT2D eigenvalue weighted by Crippen LogP contribution is -2.30. The molecule has 6 rings (SSSR count). The van der Waals surface area contributed by atoms with Gasteiger partial charge in [0.2, 0.25) is 0 Å². The molecule has 1 aliphatic carbocycles. The second kappa shape index (κ2) is 9.53. The maximum absolute atomic E-state index is 13.7. The van der Waals surface area contributed by atoms with Gasteiger partial charge in [0.15, 0.2) is 6.04 Å².